The van der Waals surface area contributed by atoms with Crippen molar-refractivity contribution in [2.45, 2.75) is 32.2 Å². The van der Waals surface area contributed by atoms with E-state index in [4.69, 9.17) is 5.11 Å². The maximum atomic E-state index is 10.8. The number of carboxylic acid groups (broad SMARTS) is 1. The van der Waals surface area contributed by atoms with Crippen LogP contribution in [0, 0.1) is 12.8 Å². The van der Waals surface area contributed by atoms with Gasteiger partial charge in [0.15, 0.2) is 0 Å². The summed E-state index contributed by atoms with van der Waals surface area (Å²) in [5.41, 5.74) is 0. The minimum atomic E-state index is -0.708. The van der Waals surface area contributed by atoms with Crippen LogP contribution in [-0.2, 0) is 4.79 Å². The van der Waals surface area contributed by atoms with Gasteiger partial charge < -0.3 is 10.4 Å². The molecule has 2 heterocycles. The van der Waals surface area contributed by atoms with Gasteiger partial charge in [-0.05, 0) is 32.2 Å². The van der Waals surface area contributed by atoms with Crippen molar-refractivity contribution in [2.24, 2.45) is 5.92 Å². The molecule has 1 fully saturated rings. The normalized spacial score (nSPS) is 25.6. The van der Waals surface area contributed by atoms with E-state index in [0.29, 0.717) is 0 Å². The molecule has 0 amide bonds. The van der Waals surface area contributed by atoms with Crippen LogP contribution in [0.15, 0.2) is 6.20 Å². The number of aromatic nitrogens is 1. The van der Waals surface area contributed by atoms with Crippen LogP contribution in [0.25, 0.3) is 0 Å². The first kappa shape index (κ1) is 11.5. The van der Waals surface area contributed by atoms with E-state index >= 15 is 0 Å². The Labute approximate surface area is 98.7 Å². The van der Waals surface area contributed by atoms with Crippen LogP contribution in [0.2, 0.25) is 0 Å². The molecule has 16 heavy (non-hydrogen) atoms. The fourth-order valence-corrected chi connectivity index (χ4v) is 3.21. The van der Waals surface area contributed by atoms with Crippen LogP contribution in [0.3, 0.4) is 0 Å². The summed E-state index contributed by atoms with van der Waals surface area (Å²) in [6, 6.07) is 0.177. The second-order valence-corrected chi connectivity index (χ2v) is 5.48. The predicted octanol–water partition coefficient (Wildman–Crippen LogP) is 1.97. The van der Waals surface area contributed by atoms with Crippen molar-refractivity contribution >= 4 is 17.3 Å². The zero-order valence-corrected chi connectivity index (χ0v) is 10.1. The Bertz CT molecular complexity index is 378. The number of carboxylic acids is 1. The standard InChI is InChI=1S/C11H16N2O2S/c1-7-13-6-9(16-7)11-8(5-10(14)15)3-2-4-12-11/h6,8,11-12H,2-5H2,1H3,(H,14,15)/t8-,11+/m1/s1. The average molecular weight is 240 g/mol. The van der Waals surface area contributed by atoms with Crippen LogP contribution in [0.4, 0.5) is 0 Å². The smallest absolute Gasteiger partial charge is 0.303 e. The number of rotatable bonds is 3. The van der Waals surface area contributed by atoms with Crippen LogP contribution in [0.1, 0.15) is 35.2 Å². The number of nitrogens with zero attached hydrogens (tertiary/aromatic N) is 1. The quantitative estimate of drug-likeness (QED) is 0.848. The highest BCUT2D eigenvalue weighted by atomic mass is 32.1. The second kappa shape index (κ2) is 4.93. The van der Waals surface area contributed by atoms with E-state index < -0.39 is 5.97 Å². The fourth-order valence-electron chi connectivity index (χ4n) is 2.25. The van der Waals surface area contributed by atoms with Crippen LogP contribution < -0.4 is 5.32 Å². The molecular formula is C11H16N2O2S. The summed E-state index contributed by atoms with van der Waals surface area (Å²) in [5.74, 6) is -0.508. The summed E-state index contributed by atoms with van der Waals surface area (Å²) in [4.78, 5) is 16.2. The molecule has 2 N–H and O–H groups in total. The number of carbonyl (C=O) groups is 1. The van der Waals surface area contributed by atoms with E-state index in [9.17, 15) is 4.79 Å². The van der Waals surface area contributed by atoms with Gasteiger partial charge in [-0.25, -0.2) is 4.98 Å². The second-order valence-electron chi connectivity index (χ2n) is 4.21. The van der Waals surface area contributed by atoms with Crippen molar-refractivity contribution in [3.8, 4) is 0 Å². The topological polar surface area (TPSA) is 62.2 Å². The largest absolute Gasteiger partial charge is 0.481 e. The van der Waals surface area contributed by atoms with Gasteiger partial charge in [0.2, 0.25) is 0 Å². The third-order valence-electron chi connectivity index (χ3n) is 2.97. The zero-order chi connectivity index (χ0) is 11.5. The maximum absolute atomic E-state index is 10.8. The van der Waals surface area contributed by atoms with Gasteiger partial charge in [-0.3, -0.25) is 4.79 Å². The lowest BCUT2D eigenvalue weighted by Gasteiger charge is -2.30. The fraction of sp³-hybridized carbons (Fsp3) is 0.636. The van der Waals surface area contributed by atoms with E-state index in [1.165, 1.54) is 4.88 Å². The van der Waals surface area contributed by atoms with E-state index in [0.717, 1.165) is 24.4 Å². The maximum Gasteiger partial charge on any atom is 0.303 e. The van der Waals surface area contributed by atoms with Crippen molar-refractivity contribution in [1.82, 2.24) is 10.3 Å². The Hall–Kier alpha value is -0.940. The highest BCUT2D eigenvalue weighted by Gasteiger charge is 2.29. The number of aliphatic carboxylic acids is 1. The molecule has 2 atom stereocenters. The number of aryl methyl sites for hydroxylation is 1. The lowest BCUT2D eigenvalue weighted by atomic mass is 9.87. The summed E-state index contributed by atoms with van der Waals surface area (Å²) in [7, 11) is 0. The number of thiazole rings is 1. The summed E-state index contributed by atoms with van der Waals surface area (Å²) >= 11 is 1.66. The van der Waals surface area contributed by atoms with Crippen LogP contribution in [-0.4, -0.2) is 22.6 Å². The van der Waals surface area contributed by atoms with E-state index in [1.807, 2.05) is 13.1 Å². The molecule has 1 aromatic rings. The molecular weight excluding hydrogens is 224 g/mol. The molecule has 1 aromatic heterocycles. The van der Waals surface area contributed by atoms with Crippen molar-refractivity contribution in [2.75, 3.05) is 6.54 Å². The average Bonchev–Trinajstić information content (AvgIpc) is 2.65. The Morgan fingerprint density at radius 1 is 1.75 bits per heavy atom. The van der Waals surface area contributed by atoms with Crippen molar-refractivity contribution in [3.63, 3.8) is 0 Å². The van der Waals surface area contributed by atoms with Gasteiger partial charge in [0.05, 0.1) is 5.01 Å². The Balaban J connectivity index is 2.12. The first-order valence-corrected chi connectivity index (χ1v) is 6.36. The number of nitrogens with one attached hydrogen (secondary N) is 1. The van der Waals surface area contributed by atoms with E-state index in [-0.39, 0.29) is 18.4 Å². The summed E-state index contributed by atoms with van der Waals surface area (Å²) in [6.07, 6.45) is 4.17. The molecule has 0 spiro atoms. The van der Waals surface area contributed by atoms with E-state index in [2.05, 4.69) is 10.3 Å². The monoisotopic (exact) mass is 240 g/mol. The van der Waals surface area contributed by atoms with Gasteiger partial charge >= 0.3 is 5.97 Å². The minimum absolute atomic E-state index is 0.177. The molecule has 0 unspecified atom stereocenters. The van der Waals surface area contributed by atoms with Crippen molar-refractivity contribution in [1.29, 1.82) is 0 Å². The molecule has 1 aliphatic heterocycles. The lowest BCUT2D eigenvalue weighted by Crippen LogP contribution is -2.34. The van der Waals surface area contributed by atoms with Gasteiger partial charge in [-0.15, -0.1) is 11.3 Å². The Morgan fingerprint density at radius 2 is 2.56 bits per heavy atom. The lowest BCUT2D eigenvalue weighted by molar-refractivity contribution is -0.138. The number of hydrogen-bond acceptors (Lipinski definition) is 4. The van der Waals surface area contributed by atoms with E-state index in [1.54, 1.807) is 11.3 Å². The molecule has 1 saturated heterocycles. The third-order valence-corrected chi connectivity index (χ3v) is 3.97. The molecule has 2 rings (SSSR count). The summed E-state index contributed by atoms with van der Waals surface area (Å²) < 4.78 is 0. The van der Waals surface area contributed by atoms with Gasteiger partial charge in [0.1, 0.15) is 0 Å². The molecule has 88 valence electrons. The van der Waals surface area contributed by atoms with Crippen molar-refractivity contribution < 1.29 is 9.90 Å². The van der Waals surface area contributed by atoms with Crippen LogP contribution in [0.5, 0.6) is 0 Å². The van der Waals surface area contributed by atoms with Crippen molar-refractivity contribution in [3.05, 3.63) is 16.1 Å². The summed E-state index contributed by atoms with van der Waals surface area (Å²) in [6.45, 7) is 2.95. The van der Waals surface area contributed by atoms with Crippen LogP contribution >= 0.6 is 11.3 Å². The zero-order valence-electron chi connectivity index (χ0n) is 9.27. The number of piperidine rings is 1. The molecule has 0 saturated carbocycles. The third kappa shape index (κ3) is 2.59. The molecule has 0 radical (unpaired) electrons. The van der Waals surface area contributed by atoms with Gasteiger partial charge in [-0.2, -0.15) is 0 Å². The first-order chi connectivity index (χ1) is 7.66. The molecule has 4 nitrogen and oxygen atoms in total. The summed E-state index contributed by atoms with van der Waals surface area (Å²) in [5, 5.41) is 13.3. The van der Waals surface area contributed by atoms with Gasteiger partial charge in [-0.1, -0.05) is 0 Å². The predicted molar refractivity (Wildman–Crippen MR) is 62.6 cm³/mol. The molecule has 0 bridgehead atoms. The molecule has 5 heteroatoms. The van der Waals surface area contributed by atoms with Gasteiger partial charge in [0.25, 0.3) is 0 Å². The molecule has 1 aliphatic rings. The number of hydrogen-bond donors (Lipinski definition) is 2. The highest BCUT2D eigenvalue weighted by Crippen LogP contribution is 2.34. The SMILES string of the molecule is Cc1ncc([C@H]2NCCC[C@@H]2CC(=O)O)s1. The Kier molecular flexibility index (Phi) is 3.56. The molecule has 0 aliphatic carbocycles. The molecule has 0 aromatic carbocycles. The first-order valence-electron chi connectivity index (χ1n) is 5.54. The minimum Gasteiger partial charge on any atom is -0.481 e. The van der Waals surface area contributed by atoms with Gasteiger partial charge in [0, 0.05) is 23.5 Å². The Morgan fingerprint density at radius 3 is 3.19 bits per heavy atom. The highest BCUT2D eigenvalue weighted by molar-refractivity contribution is 7.11.